The first-order chi connectivity index (χ1) is 15.3. The number of fused-ring (bicyclic) bond motifs is 1. The standard InChI is InChI=1S/C21H25N3O6S2/c1-24(2)21(26)31-19-7-4-3-6-16(19)23-20(25)10-11-22-32(27,28)15-8-9-17-18(14-15)30-13-5-12-29-17/h3-4,6-9,14,22H,5,10-13H2,1-2H3,(H,23,25). The van der Waals surface area contributed by atoms with E-state index in [9.17, 15) is 18.0 Å². The summed E-state index contributed by atoms with van der Waals surface area (Å²) < 4.78 is 38.7. The maximum absolute atomic E-state index is 12.6. The van der Waals surface area contributed by atoms with Crippen LogP contribution in [0, 0.1) is 0 Å². The molecule has 2 aromatic rings. The summed E-state index contributed by atoms with van der Waals surface area (Å²) in [4.78, 5) is 26.4. The van der Waals surface area contributed by atoms with Gasteiger partial charge in [0.05, 0.1) is 23.8 Å². The Hall–Kier alpha value is -2.76. The van der Waals surface area contributed by atoms with Crippen molar-refractivity contribution in [3.05, 3.63) is 42.5 Å². The first-order valence-electron chi connectivity index (χ1n) is 9.93. The topological polar surface area (TPSA) is 114 Å². The Labute approximate surface area is 191 Å². The van der Waals surface area contributed by atoms with Crippen LogP contribution in [0.4, 0.5) is 10.5 Å². The van der Waals surface area contributed by atoms with Crippen molar-refractivity contribution in [1.82, 2.24) is 9.62 Å². The molecule has 0 atom stereocenters. The molecule has 32 heavy (non-hydrogen) atoms. The zero-order valence-corrected chi connectivity index (χ0v) is 19.4. The smallest absolute Gasteiger partial charge is 0.286 e. The summed E-state index contributed by atoms with van der Waals surface area (Å²) in [6, 6.07) is 11.3. The van der Waals surface area contributed by atoms with E-state index in [1.54, 1.807) is 44.4 Å². The highest BCUT2D eigenvalue weighted by atomic mass is 32.2. The highest BCUT2D eigenvalue weighted by Gasteiger charge is 2.19. The zero-order valence-electron chi connectivity index (χ0n) is 17.8. The fraction of sp³-hybridized carbons (Fsp3) is 0.333. The minimum atomic E-state index is -3.83. The van der Waals surface area contributed by atoms with E-state index < -0.39 is 10.0 Å². The molecule has 11 heteroatoms. The number of amides is 2. The van der Waals surface area contributed by atoms with E-state index >= 15 is 0 Å². The van der Waals surface area contributed by atoms with Crippen LogP contribution in [0.15, 0.2) is 52.3 Å². The van der Waals surface area contributed by atoms with E-state index in [-0.39, 0.29) is 29.0 Å². The molecule has 0 saturated carbocycles. The van der Waals surface area contributed by atoms with Gasteiger partial charge in [-0.25, -0.2) is 13.1 Å². The molecule has 2 amide bonds. The molecule has 9 nitrogen and oxygen atoms in total. The van der Waals surface area contributed by atoms with Gasteiger partial charge in [0.25, 0.3) is 5.24 Å². The summed E-state index contributed by atoms with van der Waals surface area (Å²) in [6.45, 7) is 0.871. The summed E-state index contributed by atoms with van der Waals surface area (Å²) in [6.07, 6.45) is 0.638. The third-order valence-electron chi connectivity index (χ3n) is 4.40. The largest absolute Gasteiger partial charge is 0.490 e. The lowest BCUT2D eigenvalue weighted by Gasteiger charge is -2.13. The Balaban J connectivity index is 1.57. The number of sulfonamides is 1. The van der Waals surface area contributed by atoms with Crippen LogP contribution in [-0.4, -0.2) is 58.3 Å². The summed E-state index contributed by atoms with van der Waals surface area (Å²) in [7, 11) is -0.538. The number of benzene rings is 2. The molecular weight excluding hydrogens is 454 g/mol. The monoisotopic (exact) mass is 479 g/mol. The SMILES string of the molecule is CN(C)C(=O)Sc1ccccc1NC(=O)CCNS(=O)(=O)c1ccc2c(c1)OCCCO2. The first kappa shape index (κ1) is 23.9. The van der Waals surface area contributed by atoms with Crippen molar-refractivity contribution in [1.29, 1.82) is 0 Å². The van der Waals surface area contributed by atoms with Crippen LogP contribution in [0.3, 0.4) is 0 Å². The normalized spacial score (nSPS) is 13.2. The third kappa shape index (κ3) is 6.38. The molecule has 1 aliphatic heterocycles. The lowest BCUT2D eigenvalue weighted by atomic mass is 10.3. The van der Waals surface area contributed by atoms with Gasteiger partial charge in [-0.2, -0.15) is 0 Å². The van der Waals surface area contributed by atoms with Gasteiger partial charge in [0.2, 0.25) is 15.9 Å². The van der Waals surface area contributed by atoms with Gasteiger partial charge in [-0.3, -0.25) is 9.59 Å². The average molecular weight is 480 g/mol. The third-order valence-corrected chi connectivity index (χ3v) is 6.97. The van der Waals surface area contributed by atoms with Gasteiger partial charge in [0, 0.05) is 44.4 Å². The van der Waals surface area contributed by atoms with Crippen LogP contribution in [0.2, 0.25) is 0 Å². The maximum atomic E-state index is 12.6. The number of anilines is 1. The Morgan fingerprint density at radius 2 is 1.78 bits per heavy atom. The van der Waals surface area contributed by atoms with E-state index in [0.29, 0.717) is 35.3 Å². The molecule has 0 spiro atoms. The summed E-state index contributed by atoms with van der Waals surface area (Å²) in [5.74, 6) is 0.506. The van der Waals surface area contributed by atoms with Gasteiger partial charge in [0.15, 0.2) is 11.5 Å². The van der Waals surface area contributed by atoms with Crippen molar-refractivity contribution in [2.45, 2.75) is 22.6 Å². The fourth-order valence-electron chi connectivity index (χ4n) is 2.75. The Kier molecular flexibility index (Phi) is 7.99. The van der Waals surface area contributed by atoms with Crippen molar-refractivity contribution in [3.8, 4) is 11.5 Å². The number of carbonyl (C=O) groups excluding carboxylic acids is 2. The van der Waals surface area contributed by atoms with Gasteiger partial charge < -0.3 is 19.7 Å². The van der Waals surface area contributed by atoms with Gasteiger partial charge in [-0.05, 0) is 36.0 Å². The second kappa shape index (κ2) is 10.7. The average Bonchev–Trinajstić information content (AvgIpc) is 2.99. The van der Waals surface area contributed by atoms with Crippen molar-refractivity contribution >= 4 is 38.6 Å². The summed E-state index contributed by atoms with van der Waals surface area (Å²) >= 11 is 0.997. The minimum absolute atomic E-state index is 0.0334. The van der Waals surface area contributed by atoms with E-state index in [2.05, 4.69) is 10.0 Å². The molecule has 0 aliphatic carbocycles. The first-order valence-corrected chi connectivity index (χ1v) is 12.2. The molecule has 0 fully saturated rings. The Morgan fingerprint density at radius 3 is 2.53 bits per heavy atom. The van der Waals surface area contributed by atoms with Crippen LogP contribution in [0.1, 0.15) is 12.8 Å². The molecule has 0 aromatic heterocycles. The highest BCUT2D eigenvalue weighted by Crippen LogP contribution is 2.32. The molecule has 0 bridgehead atoms. The van der Waals surface area contributed by atoms with Crippen molar-refractivity contribution in [2.24, 2.45) is 0 Å². The number of hydrogen-bond donors (Lipinski definition) is 2. The number of ether oxygens (including phenoxy) is 2. The van der Waals surface area contributed by atoms with E-state index in [0.717, 1.165) is 18.2 Å². The van der Waals surface area contributed by atoms with Gasteiger partial charge in [-0.1, -0.05) is 12.1 Å². The number of hydrogen-bond acceptors (Lipinski definition) is 7. The molecule has 0 radical (unpaired) electrons. The maximum Gasteiger partial charge on any atom is 0.286 e. The quantitative estimate of drug-likeness (QED) is 0.587. The van der Waals surface area contributed by atoms with E-state index in [1.807, 2.05) is 0 Å². The van der Waals surface area contributed by atoms with Crippen LogP contribution in [-0.2, 0) is 14.8 Å². The predicted octanol–water partition coefficient (Wildman–Crippen LogP) is 2.93. The van der Waals surface area contributed by atoms with Crippen LogP contribution < -0.4 is 19.5 Å². The molecule has 1 aliphatic rings. The molecule has 172 valence electrons. The van der Waals surface area contributed by atoms with Gasteiger partial charge in [-0.15, -0.1) is 0 Å². The Morgan fingerprint density at radius 1 is 1.06 bits per heavy atom. The second-order valence-electron chi connectivity index (χ2n) is 7.11. The Bertz CT molecular complexity index is 1090. The lowest BCUT2D eigenvalue weighted by Crippen LogP contribution is -2.28. The molecule has 0 saturated heterocycles. The van der Waals surface area contributed by atoms with E-state index in [4.69, 9.17) is 9.47 Å². The van der Waals surface area contributed by atoms with Crippen LogP contribution in [0.5, 0.6) is 11.5 Å². The van der Waals surface area contributed by atoms with Crippen molar-refractivity contribution < 1.29 is 27.5 Å². The molecule has 0 unspecified atom stereocenters. The number of thioether (sulfide) groups is 1. The molecule has 1 heterocycles. The number of para-hydroxylation sites is 1. The molecular formula is C21H25N3O6S2. The lowest BCUT2D eigenvalue weighted by molar-refractivity contribution is -0.116. The number of nitrogens with one attached hydrogen (secondary N) is 2. The van der Waals surface area contributed by atoms with Crippen molar-refractivity contribution in [3.63, 3.8) is 0 Å². The minimum Gasteiger partial charge on any atom is -0.490 e. The summed E-state index contributed by atoms with van der Waals surface area (Å²) in [5.41, 5.74) is 0.489. The van der Waals surface area contributed by atoms with Gasteiger partial charge >= 0.3 is 0 Å². The fourth-order valence-corrected chi connectivity index (χ4v) is 4.54. The molecule has 2 aromatic carbocycles. The zero-order chi connectivity index (χ0) is 23.1. The number of rotatable bonds is 7. The van der Waals surface area contributed by atoms with Gasteiger partial charge in [0.1, 0.15) is 0 Å². The highest BCUT2D eigenvalue weighted by molar-refractivity contribution is 8.13. The van der Waals surface area contributed by atoms with Crippen LogP contribution in [0.25, 0.3) is 0 Å². The molecule has 2 N–H and O–H groups in total. The molecule has 3 rings (SSSR count). The second-order valence-corrected chi connectivity index (χ2v) is 9.87. The number of carbonyl (C=O) groups is 2. The predicted molar refractivity (Wildman–Crippen MR) is 122 cm³/mol. The van der Waals surface area contributed by atoms with Crippen LogP contribution >= 0.6 is 11.8 Å². The number of nitrogens with zero attached hydrogens (tertiary/aromatic N) is 1. The van der Waals surface area contributed by atoms with E-state index in [1.165, 1.54) is 17.0 Å². The van der Waals surface area contributed by atoms with Crippen molar-refractivity contribution in [2.75, 3.05) is 39.2 Å². The summed E-state index contributed by atoms with van der Waals surface area (Å²) in [5, 5.41) is 2.56.